The second-order valence-electron chi connectivity index (χ2n) is 6.69. The highest BCUT2D eigenvalue weighted by Crippen LogP contribution is 2.26. The fraction of sp³-hybridized carbons (Fsp3) is 0.333. The van der Waals surface area contributed by atoms with Crippen molar-refractivity contribution in [3.63, 3.8) is 0 Å². The Kier molecular flexibility index (Phi) is 6.30. The molecule has 0 saturated heterocycles. The molecule has 2 amide bonds. The average molecular weight is 367 g/mol. The van der Waals surface area contributed by atoms with E-state index in [0.717, 1.165) is 18.6 Å². The number of hydrogen-bond donors (Lipinski definition) is 2. The molecule has 0 unspecified atom stereocenters. The third-order valence-electron chi connectivity index (χ3n) is 4.60. The molecular weight excluding hydrogens is 344 g/mol. The Morgan fingerprint density at radius 1 is 1.04 bits per heavy atom. The maximum atomic E-state index is 12.2. The Morgan fingerprint density at radius 3 is 2.33 bits per heavy atom. The molecule has 142 valence electrons. The van der Waals surface area contributed by atoms with Crippen molar-refractivity contribution < 1.29 is 19.4 Å². The summed E-state index contributed by atoms with van der Waals surface area (Å²) in [5.74, 6) is -0.474. The lowest BCUT2D eigenvalue weighted by Crippen LogP contribution is -2.36. The van der Waals surface area contributed by atoms with E-state index in [-0.39, 0.29) is 12.5 Å². The lowest BCUT2D eigenvalue weighted by molar-refractivity contribution is -0.306. The molecule has 0 aromatic heterocycles. The van der Waals surface area contributed by atoms with Crippen LogP contribution in [0.4, 0.5) is 10.5 Å². The van der Waals surface area contributed by atoms with Crippen molar-refractivity contribution in [2.24, 2.45) is 0 Å². The summed E-state index contributed by atoms with van der Waals surface area (Å²) in [6.45, 7) is 0. The van der Waals surface area contributed by atoms with Crippen LogP contribution in [0.3, 0.4) is 0 Å². The molecule has 27 heavy (non-hydrogen) atoms. The van der Waals surface area contributed by atoms with Crippen LogP contribution in [0, 0.1) is 0 Å². The highest BCUT2D eigenvalue weighted by Gasteiger charge is 2.18. The molecule has 0 aliphatic heterocycles. The first-order chi connectivity index (χ1) is 13.1. The molecule has 2 aromatic rings. The van der Waals surface area contributed by atoms with Gasteiger partial charge in [-0.15, -0.1) is 0 Å². The first-order valence-corrected chi connectivity index (χ1v) is 9.19. The van der Waals surface area contributed by atoms with E-state index < -0.39 is 18.0 Å². The van der Waals surface area contributed by atoms with Crippen molar-refractivity contribution in [2.45, 2.75) is 44.2 Å². The molecule has 1 aliphatic rings. The largest absolute Gasteiger partial charge is 0.550 e. The molecule has 0 radical (unpaired) electrons. The fourth-order valence-corrected chi connectivity index (χ4v) is 3.24. The summed E-state index contributed by atoms with van der Waals surface area (Å²) >= 11 is 0. The standard InChI is InChI=1S/C21H24N2O4/c24-20(25)14-19(23-21(26)22-16-6-2-1-3-7-16)15-10-12-18(13-11-15)27-17-8-4-5-9-17/h1-3,6-7,10-13,17,19H,4-5,8-9,14H2,(H,24,25)(H2,22,23,26)/p-1/t19-/m1/s1. The molecule has 1 atom stereocenters. The zero-order chi connectivity index (χ0) is 19.1. The molecule has 1 fully saturated rings. The zero-order valence-electron chi connectivity index (χ0n) is 15.0. The number of aliphatic carboxylic acids is 1. The summed E-state index contributed by atoms with van der Waals surface area (Å²) in [6, 6.07) is 15.0. The number of ether oxygens (including phenoxy) is 1. The van der Waals surface area contributed by atoms with Gasteiger partial charge in [0.25, 0.3) is 0 Å². The van der Waals surface area contributed by atoms with Crippen molar-refractivity contribution in [1.82, 2.24) is 5.32 Å². The monoisotopic (exact) mass is 367 g/mol. The van der Waals surface area contributed by atoms with Crippen LogP contribution in [0.2, 0.25) is 0 Å². The van der Waals surface area contributed by atoms with Gasteiger partial charge in [0.1, 0.15) is 5.75 Å². The summed E-state index contributed by atoms with van der Waals surface area (Å²) in [7, 11) is 0. The Morgan fingerprint density at radius 2 is 1.70 bits per heavy atom. The average Bonchev–Trinajstić information content (AvgIpc) is 3.15. The Bertz CT molecular complexity index is 756. The predicted molar refractivity (Wildman–Crippen MR) is 100 cm³/mol. The van der Waals surface area contributed by atoms with Gasteiger partial charge >= 0.3 is 6.03 Å². The second kappa shape index (κ2) is 9.07. The smallest absolute Gasteiger partial charge is 0.319 e. The van der Waals surface area contributed by atoms with Gasteiger partial charge in [0, 0.05) is 18.1 Å². The van der Waals surface area contributed by atoms with Gasteiger partial charge in [0.05, 0.1) is 12.1 Å². The van der Waals surface area contributed by atoms with E-state index in [1.54, 1.807) is 36.4 Å². The molecule has 2 aromatic carbocycles. The molecule has 1 aliphatic carbocycles. The van der Waals surface area contributed by atoms with E-state index in [1.165, 1.54) is 12.8 Å². The number of carboxylic acids is 1. The fourth-order valence-electron chi connectivity index (χ4n) is 3.24. The van der Waals surface area contributed by atoms with Crippen LogP contribution >= 0.6 is 0 Å². The van der Waals surface area contributed by atoms with Crippen LogP contribution in [0.15, 0.2) is 54.6 Å². The van der Waals surface area contributed by atoms with Gasteiger partial charge < -0.3 is 25.3 Å². The van der Waals surface area contributed by atoms with E-state index in [4.69, 9.17) is 4.74 Å². The number of urea groups is 1. The number of nitrogens with one attached hydrogen (secondary N) is 2. The number of rotatable bonds is 7. The summed E-state index contributed by atoms with van der Waals surface area (Å²) in [5, 5.41) is 16.5. The molecular formula is C21H23N2O4-. The van der Waals surface area contributed by atoms with Gasteiger partial charge in [-0.3, -0.25) is 0 Å². The lowest BCUT2D eigenvalue weighted by atomic mass is 10.0. The van der Waals surface area contributed by atoms with E-state index in [9.17, 15) is 14.7 Å². The topological polar surface area (TPSA) is 90.5 Å². The van der Waals surface area contributed by atoms with Crippen molar-refractivity contribution in [1.29, 1.82) is 0 Å². The van der Waals surface area contributed by atoms with Crippen LogP contribution in [0.5, 0.6) is 5.75 Å². The molecule has 2 N–H and O–H groups in total. The van der Waals surface area contributed by atoms with Crippen LogP contribution in [0.1, 0.15) is 43.7 Å². The number of para-hydroxylation sites is 1. The Balaban J connectivity index is 1.64. The lowest BCUT2D eigenvalue weighted by Gasteiger charge is -2.21. The van der Waals surface area contributed by atoms with E-state index in [1.807, 2.05) is 18.2 Å². The number of anilines is 1. The predicted octanol–water partition coefficient (Wildman–Crippen LogP) is 3.01. The summed E-state index contributed by atoms with van der Waals surface area (Å²) < 4.78 is 5.92. The quantitative estimate of drug-likeness (QED) is 0.787. The van der Waals surface area contributed by atoms with Crippen LogP contribution < -0.4 is 20.5 Å². The maximum absolute atomic E-state index is 12.2. The molecule has 0 bridgehead atoms. The van der Waals surface area contributed by atoms with Gasteiger partial charge in [-0.05, 0) is 55.5 Å². The van der Waals surface area contributed by atoms with E-state index >= 15 is 0 Å². The van der Waals surface area contributed by atoms with Crippen molar-refractivity contribution >= 4 is 17.7 Å². The van der Waals surface area contributed by atoms with Gasteiger partial charge in [-0.1, -0.05) is 30.3 Å². The number of carboxylic acid groups (broad SMARTS) is 1. The van der Waals surface area contributed by atoms with Crippen LogP contribution in [0.25, 0.3) is 0 Å². The third-order valence-corrected chi connectivity index (χ3v) is 4.60. The summed E-state index contributed by atoms with van der Waals surface area (Å²) in [4.78, 5) is 23.3. The van der Waals surface area contributed by atoms with Crippen molar-refractivity contribution in [3.8, 4) is 5.75 Å². The number of carbonyl (C=O) groups excluding carboxylic acids is 2. The minimum absolute atomic E-state index is 0.254. The highest BCUT2D eigenvalue weighted by molar-refractivity contribution is 5.89. The molecule has 6 nitrogen and oxygen atoms in total. The summed E-state index contributed by atoms with van der Waals surface area (Å²) in [6.07, 6.45) is 4.45. The number of hydrogen-bond acceptors (Lipinski definition) is 4. The zero-order valence-corrected chi connectivity index (χ0v) is 15.0. The first kappa shape index (κ1) is 18.8. The Labute approximate surface area is 158 Å². The molecule has 6 heteroatoms. The number of amides is 2. The second-order valence-corrected chi connectivity index (χ2v) is 6.69. The molecule has 0 spiro atoms. The van der Waals surface area contributed by atoms with Crippen LogP contribution in [-0.2, 0) is 4.79 Å². The number of benzene rings is 2. The van der Waals surface area contributed by atoms with E-state index in [0.29, 0.717) is 11.3 Å². The highest BCUT2D eigenvalue weighted by atomic mass is 16.5. The van der Waals surface area contributed by atoms with Gasteiger partial charge in [0.2, 0.25) is 0 Å². The third kappa shape index (κ3) is 5.74. The molecule has 0 heterocycles. The first-order valence-electron chi connectivity index (χ1n) is 9.19. The maximum Gasteiger partial charge on any atom is 0.319 e. The van der Waals surface area contributed by atoms with Crippen LogP contribution in [-0.4, -0.2) is 18.1 Å². The minimum atomic E-state index is -1.23. The SMILES string of the molecule is O=C([O-])C[C@@H](NC(=O)Nc1ccccc1)c1ccc(OC2CCCC2)cc1. The summed E-state index contributed by atoms with van der Waals surface area (Å²) in [5.41, 5.74) is 1.31. The minimum Gasteiger partial charge on any atom is -0.550 e. The van der Waals surface area contributed by atoms with Gasteiger partial charge in [-0.2, -0.15) is 0 Å². The Hall–Kier alpha value is -3.02. The van der Waals surface area contributed by atoms with Gasteiger partial charge in [-0.25, -0.2) is 4.79 Å². The van der Waals surface area contributed by atoms with E-state index in [2.05, 4.69) is 10.6 Å². The van der Waals surface area contributed by atoms with Gasteiger partial charge in [0.15, 0.2) is 0 Å². The number of carbonyl (C=O) groups is 2. The molecule has 3 rings (SSSR count). The van der Waals surface area contributed by atoms with Crippen molar-refractivity contribution in [2.75, 3.05) is 5.32 Å². The molecule has 1 saturated carbocycles. The normalized spacial score (nSPS) is 15.1. The van der Waals surface area contributed by atoms with Crippen molar-refractivity contribution in [3.05, 3.63) is 60.2 Å².